The molecule has 0 aromatic carbocycles. The molecule has 0 spiro atoms. The lowest BCUT2D eigenvalue weighted by atomic mass is 10.5. The van der Waals surface area contributed by atoms with Crippen LogP contribution in [0.2, 0.25) is 5.15 Å². The third-order valence-corrected chi connectivity index (χ3v) is 3.87. The first-order chi connectivity index (χ1) is 8.66. The van der Waals surface area contributed by atoms with E-state index in [0.717, 1.165) is 0 Å². The Labute approximate surface area is 110 Å². The largest absolute Gasteiger partial charge is 0.479 e. The Hall–Kier alpha value is -1.38. The standard InChI is InChI=1S/C9H7ClN4O3S/c10-6-5-7(12-2-11-6)13-3-14(5)4-1-18-9(17-4)8(15)16/h2-4,9H,1H2,(H,15,16). The van der Waals surface area contributed by atoms with Gasteiger partial charge in [0, 0.05) is 5.75 Å². The highest BCUT2D eigenvalue weighted by Crippen LogP contribution is 2.34. The summed E-state index contributed by atoms with van der Waals surface area (Å²) in [7, 11) is 0. The van der Waals surface area contributed by atoms with Crippen LogP contribution in [-0.2, 0) is 9.53 Å². The highest BCUT2D eigenvalue weighted by Gasteiger charge is 2.33. The molecule has 2 atom stereocenters. The minimum atomic E-state index is -0.991. The highest BCUT2D eigenvalue weighted by atomic mass is 35.5. The Balaban J connectivity index is 1.98. The molecule has 3 rings (SSSR count). The van der Waals surface area contributed by atoms with Crippen LogP contribution in [0.15, 0.2) is 12.7 Å². The molecule has 0 bridgehead atoms. The maximum absolute atomic E-state index is 10.8. The zero-order valence-corrected chi connectivity index (χ0v) is 10.4. The molecule has 2 aromatic heterocycles. The number of aromatic nitrogens is 4. The van der Waals surface area contributed by atoms with E-state index in [1.54, 1.807) is 4.57 Å². The summed E-state index contributed by atoms with van der Waals surface area (Å²) < 4.78 is 7.06. The van der Waals surface area contributed by atoms with Gasteiger partial charge >= 0.3 is 5.97 Å². The number of hydrogen-bond donors (Lipinski definition) is 1. The zero-order valence-electron chi connectivity index (χ0n) is 8.86. The second-order valence-corrected chi connectivity index (χ2v) is 5.04. The lowest BCUT2D eigenvalue weighted by Crippen LogP contribution is -2.18. The molecule has 94 valence electrons. The van der Waals surface area contributed by atoms with E-state index >= 15 is 0 Å². The van der Waals surface area contributed by atoms with Crippen LogP contribution in [0.3, 0.4) is 0 Å². The third-order valence-electron chi connectivity index (χ3n) is 2.50. The van der Waals surface area contributed by atoms with E-state index in [-0.39, 0.29) is 5.15 Å². The molecule has 0 amide bonds. The normalized spacial score (nSPS) is 23.6. The van der Waals surface area contributed by atoms with Crippen LogP contribution in [0, 0.1) is 0 Å². The predicted octanol–water partition coefficient (Wildman–Crippen LogP) is 1.15. The number of carbonyl (C=O) groups is 1. The number of halogens is 1. The Bertz CT molecular complexity index is 619. The van der Waals surface area contributed by atoms with Gasteiger partial charge in [-0.25, -0.2) is 19.7 Å². The molecule has 1 fully saturated rings. The summed E-state index contributed by atoms with van der Waals surface area (Å²) in [5.41, 5.74) is 0.147. The van der Waals surface area contributed by atoms with Crippen molar-refractivity contribution >= 4 is 40.5 Å². The monoisotopic (exact) mass is 286 g/mol. The van der Waals surface area contributed by atoms with Crippen molar-refractivity contribution in [1.29, 1.82) is 0 Å². The molecule has 1 aliphatic heterocycles. The quantitative estimate of drug-likeness (QED) is 0.828. The van der Waals surface area contributed by atoms with Crippen molar-refractivity contribution in [3.8, 4) is 0 Å². The molecular weight excluding hydrogens is 280 g/mol. The average Bonchev–Trinajstić information content (AvgIpc) is 2.94. The maximum Gasteiger partial charge on any atom is 0.343 e. The summed E-state index contributed by atoms with van der Waals surface area (Å²) in [6, 6.07) is 0. The van der Waals surface area contributed by atoms with Gasteiger partial charge in [0.05, 0.1) is 6.33 Å². The van der Waals surface area contributed by atoms with Gasteiger partial charge in [0.25, 0.3) is 0 Å². The van der Waals surface area contributed by atoms with Crippen LogP contribution in [0.25, 0.3) is 11.2 Å². The van der Waals surface area contributed by atoms with Crippen LogP contribution in [-0.4, -0.2) is 41.8 Å². The number of imidazole rings is 1. The Morgan fingerprint density at radius 2 is 2.39 bits per heavy atom. The van der Waals surface area contributed by atoms with Gasteiger partial charge in [-0.3, -0.25) is 4.57 Å². The lowest BCUT2D eigenvalue weighted by molar-refractivity contribution is -0.147. The van der Waals surface area contributed by atoms with Gasteiger partial charge in [-0.05, 0) is 0 Å². The fourth-order valence-electron chi connectivity index (χ4n) is 1.72. The summed E-state index contributed by atoms with van der Waals surface area (Å²) >= 11 is 7.21. The first-order valence-electron chi connectivity index (χ1n) is 4.99. The van der Waals surface area contributed by atoms with Crippen molar-refractivity contribution in [2.45, 2.75) is 11.7 Å². The lowest BCUT2D eigenvalue weighted by Gasteiger charge is -2.12. The molecule has 0 radical (unpaired) electrons. The first-order valence-corrected chi connectivity index (χ1v) is 6.42. The van der Waals surface area contributed by atoms with Gasteiger partial charge in [-0.1, -0.05) is 11.6 Å². The number of carboxylic acid groups (broad SMARTS) is 1. The second kappa shape index (κ2) is 4.38. The van der Waals surface area contributed by atoms with Gasteiger partial charge in [-0.15, -0.1) is 11.8 Å². The first kappa shape index (κ1) is 11.7. The van der Waals surface area contributed by atoms with Crippen LogP contribution < -0.4 is 0 Å². The number of nitrogens with zero attached hydrogens (tertiary/aromatic N) is 4. The van der Waals surface area contributed by atoms with Crippen molar-refractivity contribution in [3.63, 3.8) is 0 Å². The number of rotatable bonds is 2. The third kappa shape index (κ3) is 1.82. The molecule has 3 heterocycles. The Morgan fingerprint density at radius 1 is 1.56 bits per heavy atom. The molecule has 1 N–H and O–H groups in total. The van der Waals surface area contributed by atoms with Crippen LogP contribution in [0.1, 0.15) is 6.23 Å². The summed E-state index contributed by atoms with van der Waals surface area (Å²) in [4.78, 5) is 22.8. The molecule has 0 aliphatic carbocycles. The topological polar surface area (TPSA) is 90.1 Å². The van der Waals surface area contributed by atoms with E-state index in [1.165, 1.54) is 24.4 Å². The van der Waals surface area contributed by atoms with E-state index in [0.29, 0.717) is 16.9 Å². The molecule has 9 heteroatoms. The summed E-state index contributed by atoms with van der Waals surface area (Å²) in [6.45, 7) is 0. The molecule has 1 saturated heterocycles. The van der Waals surface area contributed by atoms with E-state index in [4.69, 9.17) is 21.4 Å². The highest BCUT2D eigenvalue weighted by molar-refractivity contribution is 8.00. The van der Waals surface area contributed by atoms with E-state index in [9.17, 15) is 4.79 Å². The molecule has 7 nitrogen and oxygen atoms in total. The van der Waals surface area contributed by atoms with Crippen molar-refractivity contribution in [2.24, 2.45) is 0 Å². The van der Waals surface area contributed by atoms with Crippen molar-refractivity contribution < 1.29 is 14.6 Å². The molecular formula is C9H7ClN4O3S. The average molecular weight is 287 g/mol. The molecule has 2 aromatic rings. The van der Waals surface area contributed by atoms with Gasteiger partial charge in [0.1, 0.15) is 18.1 Å². The number of aliphatic carboxylic acids is 1. The minimum Gasteiger partial charge on any atom is -0.479 e. The maximum atomic E-state index is 10.8. The van der Waals surface area contributed by atoms with Crippen LogP contribution in [0.5, 0.6) is 0 Å². The predicted molar refractivity (Wildman–Crippen MR) is 64.3 cm³/mol. The van der Waals surface area contributed by atoms with Gasteiger partial charge in [-0.2, -0.15) is 0 Å². The zero-order chi connectivity index (χ0) is 12.7. The van der Waals surface area contributed by atoms with Crippen molar-refractivity contribution in [3.05, 3.63) is 17.8 Å². The molecule has 2 unspecified atom stereocenters. The SMILES string of the molecule is O=C(O)C1OC(n2cnc3ncnc(Cl)c32)CS1. The summed E-state index contributed by atoms with van der Waals surface area (Å²) in [5.74, 6) is -0.484. The van der Waals surface area contributed by atoms with Gasteiger partial charge in [0.2, 0.25) is 5.44 Å². The van der Waals surface area contributed by atoms with Crippen molar-refractivity contribution in [1.82, 2.24) is 19.5 Å². The van der Waals surface area contributed by atoms with E-state index < -0.39 is 17.6 Å². The van der Waals surface area contributed by atoms with E-state index in [2.05, 4.69) is 15.0 Å². The number of carboxylic acids is 1. The van der Waals surface area contributed by atoms with Crippen molar-refractivity contribution in [2.75, 3.05) is 5.75 Å². The fraction of sp³-hybridized carbons (Fsp3) is 0.333. The number of hydrogen-bond acceptors (Lipinski definition) is 6. The van der Waals surface area contributed by atoms with Gasteiger partial charge in [0.15, 0.2) is 10.8 Å². The molecule has 18 heavy (non-hydrogen) atoms. The number of fused-ring (bicyclic) bond motifs is 1. The molecule has 0 saturated carbocycles. The van der Waals surface area contributed by atoms with Crippen LogP contribution >= 0.6 is 23.4 Å². The van der Waals surface area contributed by atoms with Gasteiger partial charge < -0.3 is 9.84 Å². The Kier molecular flexibility index (Phi) is 2.84. The number of thioether (sulfide) groups is 1. The second-order valence-electron chi connectivity index (χ2n) is 3.58. The smallest absolute Gasteiger partial charge is 0.343 e. The Morgan fingerprint density at radius 3 is 3.11 bits per heavy atom. The van der Waals surface area contributed by atoms with Crippen LogP contribution in [0.4, 0.5) is 0 Å². The number of ether oxygens (including phenoxy) is 1. The summed E-state index contributed by atoms with van der Waals surface area (Å²) in [5, 5.41) is 9.14. The summed E-state index contributed by atoms with van der Waals surface area (Å²) in [6.07, 6.45) is 2.43. The molecule has 1 aliphatic rings. The van der Waals surface area contributed by atoms with E-state index in [1.807, 2.05) is 0 Å². The fourth-order valence-corrected chi connectivity index (χ4v) is 2.88. The minimum absolute atomic E-state index is 0.268.